The van der Waals surface area contributed by atoms with Crippen molar-refractivity contribution in [2.45, 2.75) is 13.0 Å². The molecule has 74 valence electrons. The molecule has 1 aromatic carbocycles. The molecule has 0 bridgehead atoms. The Morgan fingerprint density at radius 1 is 1.36 bits per heavy atom. The fraction of sp³-hybridized carbons (Fsp3) is 0.167. The van der Waals surface area contributed by atoms with Gasteiger partial charge in [0.1, 0.15) is 5.75 Å². The zero-order valence-corrected chi connectivity index (χ0v) is 7.98. The number of aliphatic hydroxyl groups excluding tert-OH is 1. The molecule has 0 heterocycles. The largest absolute Gasteiger partial charge is 0.508 e. The van der Waals surface area contributed by atoms with Gasteiger partial charge in [-0.1, -0.05) is 30.4 Å². The Balaban J connectivity index is 2.95. The van der Waals surface area contributed by atoms with Gasteiger partial charge in [-0.2, -0.15) is 0 Å². The van der Waals surface area contributed by atoms with Crippen molar-refractivity contribution in [1.29, 1.82) is 0 Å². The summed E-state index contributed by atoms with van der Waals surface area (Å²) in [5, 5.41) is 18.5. The lowest BCUT2D eigenvalue weighted by molar-refractivity contribution is 0.275. The number of phenols is 1. The molecule has 2 heteroatoms. The van der Waals surface area contributed by atoms with Crippen molar-refractivity contribution in [1.82, 2.24) is 0 Å². The van der Waals surface area contributed by atoms with Gasteiger partial charge >= 0.3 is 0 Å². The van der Waals surface area contributed by atoms with Gasteiger partial charge in [0.15, 0.2) is 0 Å². The zero-order chi connectivity index (χ0) is 10.4. The minimum atomic E-state index is -0.152. The summed E-state index contributed by atoms with van der Waals surface area (Å²) in [6, 6.07) is 5.17. The third-order valence-electron chi connectivity index (χ3n) is 1.95. The number of hydrogen-bond donors (Lipinski definition) is 2. The molecule has 0 saturated carbocycles. The topological polar surface area (TPSA) is 40.5 Å². The maximum Gasteiger partial charge on any atom is 0.121 e. The van der Waals surface area contributed by atoms with E-state index in [1.54, 1.807) is 18.2 Å². The number of benzene rings is 1. The van der Waals surface area contributed by atoms with Crippen LogP contribution in [0.3, 0.4) is 0 Å². The van der Waals surface area contributed by atoms with Crippen LogP contribution in [-0.4, -0.2) is 10.2 Å². The van der Waals surface area contributed by atoms with Crippen LogP contribution in [0, 0.1) is 0 Å². The summed E-state index contributed by atoms with van der Waals surface area (Å²) < 4.78 is 0. The first-order valence-corrected chi connectivity index (χ1v) is 4.48. The highest BCUT2D eigenvalue weighted by Gasteiger charge is 2.02. The van der Waals surface area contributed by atoms with Crippen molar-refractivity contribution < 1.29 is 10.2 Å². The first-order valence-electron chi connectivity index (χ1n) is 4.48. The van der Waals surface area contributed by atoms with E-state index in [-0.39, 0.29) is 12.4 Å². The molecular formula is C12H14O2. The highest BCUT2D eigenvalue weighted by Crippen LogP contribution is 2.22. The third-order valence-corrected chi connectivity index (χ3v) is 1.95. The molecule has 0 aliphatic heterocycles. The van der Waals surface area contributed by atoms with E-state index in [0.29, 0.717) is 5.56 Å². The molecule has 0 spiro atoms. The molecule has 0 aromatic heterocycles. The number of rotatable bonds is 4. The molecule has 0 unspecified atom stereocenters. The van der Waals surface area contributed by atoms with E-state index in [0.717, 1.165) is 12.0 Å². The van der Waals surface area contributed by atoms with Crippen molar-refractivity contribution in [2.24, 2.45) is 0 Å². The van der Waals surface area contributed by atoms with Crippen LogP contribution < -0.4 is 0 Å². The van der Waals surface area contributed by atoms with Crippen LogP contribution in [-0.2, 0) is 6.61 Å². The number of allylic oxidation sites excluding steroid dienone is 2. The maximum atomic E-state index is 9.43. The van der Waals surface area contributed by atoms with Crippen molar-refractivity contribution in [3.63, 3.8) is 0 Å². The number of aliphatic hydroxyl groups is 1. The van der Waals surface area contributed by atoms with Crippen LogP contribution in [0.4, 0.5) is 0 Å². The van der Waals surface area contributed by atoms with Crippen molar-refractivity contribution in [2.75, 3.05) is 0 Å². The van der Waals surface area contributed by atoms with Gasteiger partial charge in [-0.3, -0.25) is 0 Å². The minimum absolute atomic E-state index is 0.133. The Labute approximate surface area is 83.8 Å². The van der Waals surface area contributed by atoms with Gasteiger partial charge in [0.05, 0.1) is 6.61 Å². The predicted molar refractivity (Wildman–Crippen MR) is 57.9 cm³/mol. The molecular weight excluding hydrogens is 176 g/mol. The molecule has 2 N–H and O–H groups in total. The Bertz CT molecular complexity index is 340. The highest BCUT2D eigenvalue weighted by molar-refractivity contribution is 5.57. The van der Waals surface area contributed by atoms with Gasteiger partial charge in [0.2, 0.25) is 0 Å². The molecule has 1 aromatic rings. The van der Waals surface area contributed by atoms with E-state index >= 15 is 0 Å². The van der Waals surface area contributed by atoms with E-state index in [1.165, 1.54) is 0 Å². The van der Waals surface area contributed by atoms with E-state index in [2.05, 4.69) is 6.58 Å². The first-order chi connectivity index (χ1) is 6.79. The van der Waals surface area contributed by atoms with Crippen LogP contribution in [0.15, 0.2) is 36.9 Å². The second-order valence-corrected chi connectivity index (χ2v) is 2.93. The van der Waals surface area contributed by atoms with Gasteiger partial charge in [-0.15, -0.1) is 6.58 Å². The minimum Gasteiger partial charge on any atom is -0.508 e. The Hall–Kier alpha value is -1.54. The van der Waals surface area contributed by atoms with Gasteiger partial charge < -0.3 is 10.2 Å². The summed E-state index contributed by atoms with van der Waals surface area (Å²) in [4.78, 5) is 0. The molecule has 0 aliphatic rings. The van der Waals surface area contributed by atoms with Crippen molar-refractivity contribution in [3.8, 4) is 5.75 Å². The Morgan fingerprint density at radius 2 is 2.14 bits per heavy atom. The summed E-state index contributed by atoms with van der Waals surface area (Å²) in [7, 11) is 0. The highest BCUT2D eigenvalue weighted by atomic mass is 16.3. The van der Waals surface area contributed by atoms with Crippen molar-refractivity contribution >= 4 is 6.08 Å². The SMILES string of the molecule is C=CCC=Cc1cccc(O)c1CO. The fourth-order valence-electron chi connectivity index (χ4n) is 1.21. The molecule has 2 nitrogen and oxygen atoms in total. The van der Waals surface area contributed by atoms with Crippen LogP contribution in [0.2, 0.25) is 0 Å². The lowest BCUT2D eigenvalue weighted by Gasteiger charge is -2.04. The van der Waals surface area contributed by atoms with Gasteiger partial charge in [0.25, 0.3) is 0 Å². The van der Waals surface area contributed by atoms with E-state index < -0.39 is 0 Å². The molecule has 0 atom stereocenters. The summed E-state index contributed by atoms with van der Waals surface area (Å²) >= 11 is 0. The third kappa shape index (κ3) is 2.47. The van der Waals surface area contributed by atoms with Crippen LogP contribution in [0.25, 0.3) is 6.08 Å². The molecule has 14 heavy (non-hydrogen) atoms. The van der Waals surface area contributed by atoms with Crippen LogP contribution in [0.1, 0.15) is 17.5 Å². The van der Waals surface area contributed by atoms with Gasteiger partial charge in [-0.05, 0) is 18.1 Å². The van der Waals surface area contributed by atoms with E-state index in [9.17, 15) is 5.11 Å². The normalized spacial score (nSPS) is 10.6. The summed E-state index contributed by atoms with van der Waals surface area (Å²) in [5.74, 6) is 0.133. The second-order valence-electron chi connectivity index (χ2n) is 2.93. The monoisotopic (exact) mass is 190 g/mol. The zero-order valence-electron chi connectivity index (χ0n) is 7.98. The molecule has 0 saturated heterocycles. The molecule has 0 radical (unpaired) electrons. The fourth-order valence-corrected chi connectivity index (χ4v) is 1.21. The molecule has 0 aliphatic carbocycles. The summed E-state index contributed by atoms with van der Waals surface area (Å²) in [6.07, 6.45) is 6.37. The average molecular weight is 190 g/mol. The van der Waals surface area contributed by atoms with Crippen LogP contribution in [0.5, 0.6) is 5.75 Å². The molecule has 0 fully saturated rings. The lowest BCUT2D eigenvalue weighted by Crippen LogP contribution is -1.88. The smallest absolute Gasteiger partial charge is 0.121 e. The quantitative estimate of drug-likeness (QED) is 0.716. The van der Waals surface area contributed by atoms with Gasteiger partial charge in [0, 0.05) is 5.56 Å². The Morgan fingerprint density at radius 3 is 2.79 bits per heavy atom. The molecule has 0 amide bonds. The average Bonchev–Trinajstić information content (AvgIpc) is 2.18. The first kappa shape index (κ1) is 10.5. The number of hydrogen-bond acceptors (Lipinski definition) is 2. The number of aromatic hydroxyl groups is 1. The van der Waals surface area contributed by atoms with E-state index in [4.69, 9.17) is 5.11 Å². The van der Waals surface area contributed by atoms with Crippen molar-refractivity contribution in [3.05, 3.63) is 48.1 Å². The Kier molecular flexibility index (Phi) is 3.95. The standard InChI is InChI=1S/C12H14O2/c1-2-3-4-6-10-7-5-8-12(14)11(10)9-13/h2,4-8,13-14H,1,3,9H2. The molecule has 1 rings (SSSR count). The maximum absolute atomic E-state index is 9.43. The van der Waals surface area contributed by atoms with E-state index in [1.807, 2.05) is 18.2 Å². The second kappa shape index (κ2) is 5.25. The van der Waals surface area contributed by atoms with Gasteiger partial charge in [-0.25, -0.2) is 0 Å². The lowest BCUT2D eigenvalue weighted by atomic mass is 10.1. The predicted octanol–water partition coefficient (Wildman–Crippen LogP) is 2.47. The summed E-state index contributed by atoms with van der Waals surface area (Å²) in [5.41, 5.74) is 1.40. The summed E-state index contributed by atoms with van der Waals surface area (Å²) in [6.45, 7) is 3.45. The van der Waals surface area contributed by atoms with Crippen LogP contribution >= 0.6 is 0 Å².